The molecule has 8 nitrogen and oxygen atoms in total. The molecular weight excluding hydrogens is 294 g/mol. The zero-order valence-electron chi connectivity index (χ0n) is 12.8. The van der Waals surface area contributed by atoms with Crippen molar-refractivity contribution in [1.82, 2.24) is 23.7 Å². The molecule has 0 aromatic rings. The lowest BCUT2D eigenvalue weighted by Crippen LogP contribution is -2.55. The molecule has 0 aliphatic carbocycles. The second-order valence-electron chi connectivity index (χ2n) is 5.60. The molecule has 21 heavy (non-hydrogen) atoms. The quantitative estimate of drug-likeness (QED) is 0.639. The maximum absolute atomic E-state index is 12.2. The normalized spacial score (nSPS) is 22.7. The van der Waals surface area contributed by atoms with Crippen LogP contribution in [0.2, 0.25) is 0 Å². The molecule has 0 saturated carbocycles. The molecule has 9 heteroatoms. The first-order valence-electron chi connectivity index (χ1n) is 7.29. The van der Waals surface area contributed by atoms with Gasteiger partial charge in [0.05, 0.1) is 6.54 Å². The standard InChI is InChI=1S/C12H25N5O3S/c1-14(2)21(19,20)17-9-7-16(8-10-17)12(18)11-15-5-3-13-4-6-15/h13H,3-11H2,1-2H3. The molecule has 0 radical (unpaired) electrons. The molecule has 2 fully saturated rings. The fourth-order valence-corrected chi connectivity index (χ4v) is 3.65. The SMILES string of the molecule is CN(C)S(=O)(=O)N1CCN(C(=O)CN2CCNCC2)CC1. The Balaban J connectivity index is 1.82. The number of amides is 1. The summed E-state index contributed by atoms with van der Waals surface area (Å²) in [4.78, 5) is 16.2. The van der Waals surface area contributed by atoms with E-state index in [1.165, 1.54) is 22.7 Å². The van der Waals surface area contributed by atoms with Gasteiger partial charge in [0, 0.05) is 66.5 Å². The molecule has 0 spiro atoms. The Kier molecular flexibility index (Phi) is 5.55. The van der Waals surface area contributed by atoms with Crippen LogP contribution < -0.4 is 5.32 Å². The van der Waals surface area contributed by atoms with Crippen LogP contribution in [0.25, 0.3) is 0 Å². The molecule has 2 aliphatic heterocycles. The third-order valence-corrected chi connectivity index (χ3v) is 5.89. The second kappa shape index (κ2) is 7.01. The van der Waals surface area contributed by atoms with Crippen molar-refractivity contribution in [2.24, 2.45) is 0 Å². The van der Waals surface area contributed by atoms with Crippen molar-refractivity contribution in [2.45, 2.75) is 0 Å². The maximum atomic E-state index is 12.2. The predicted octanol–water partition coefficient (Wildman–Crippen LogP) is -2.16. The van der Waals surface area contributed by atoms with Gasteiger partial charge in [-0.05, 0) is 0 Å². The van der Waals surface area contributed by atoms with Crippen molar-refractivity contribution in [1.29, 1.82) is 0 Å². The van der Waals surface area contributed by atoms with Gasteiger partial charge < -0.3 is 10.2 Å². The van der Waals surface area contributed by atoms with E-state index in [1.807, 2.05) is 0 Å². The number of carbonyl (C=O) groups is 1. The Morgan fingerprint density at radius 1 is 1.05 bits per heavy atom. The summed E-state index contributed by atoms with van der Waals surface area (Å²) in [6, 6.07) is 0. The summed E-state index contributed by atoms with van der Waals surface area (Å²) in [5.41, 5.74) is 0. The average molecular weight is 319 g/mol. The van der Waals surface area contributed by atoms with Gasteiger partial charge in [-0.25, -0.2) is 0 Å². The van der Waals surface area contributed by atoms with Crippen molar-refractivity contribution >= 4 is 16.1 Å². The minimum absolute atomic E-state index is 0.0961. The Labute approximate surface area is 126 Å². The summed E-state index contributed by atoms with van der Waals surface area (Å²) in [6.07, 6.45) is 0. The van der Waals surface area contributed by atoms with E-state index >= 15 is 0 Å². The number of hydrogen-bond acceptors (Lipinski definition) is 5. The molecule has 0 aromatic heterocycles. The van der Waals surface area contributed by atoms with Crippen molar-refractivity contribution < 1.29 is 13.2 Å². The zero-order valence-corrected chi connectivity index (χ0v) is 13.6. The molecule has 0 unspecified atom stereocenters. The van der Waals surface area contributed by atoms with Crippen LogP contribution in [0.15, 0.2) is 0 Å². The molecule has 0 atom stereocenters. The minimum atomic E-state index is -3.37. The zero-order chi connectivity index (χ0) is 15.5. The molecule has 122 valence electrons. The maximum Gasteiger partial charge on any atom is 0.281 e. The summed E-state index contributed by atoms with van der Waals surface area (Å²) >= 11 is 0. The lowest BCUT2D eigenvalue weighted by molar-refractivity contribution is -0.133. The first-order chi connectivity index (χ1) is 9.91. The molecule has 2 rings (SSSR count). The monoisotopic (exact) mass is 319 g/mol. The van der Waals surface area contributed by atoms with E-state index in [1.54, 1.807) is 4.90 Å². The molecule has 2 aliphatic rings. The van der Waals surface area contributed by atoms with Gasteiger partial charge in [0.15, 0.2) is 0 Å². The smallest absolute Gasteiger partial charge is 0.281 e. The number of nitrogens with one attached hydrogen (secondary N) is 1. The fourth-order valence-electron chi connectivity index (χ4n) is 2.56. The predicted molar refractivity (Wildman–Crippen MR) is 80.1 cm³/mol. The van der Waals surface area contributed by atoms with E-state index in [4.69, 9.17) is 0 Å². The van der Waals surface area contributed by atoms with Gasteiger partial charge in [-0.2, -0.15) is 17.0 Å². The highest BCUT2D eigenvalue weighted by Crippen LogP contribution is 2.10. The van der Waals surface area contributed by atoms with Crippen molar-refractivity contribution in [3.8, 4) is 0 Å². The lowest BCUT2D eigenvalue weighted by atomic mass is 10.3. The Morgan fingerprint density at radius 2 is 1.62 bits per heavy atom. The summed E-state index contributed by atoms with van der Waals surface area (Å²) in [7, 11) is -0.316. The highest BCUT2D eigenvalue weighted by molar-refractivity contribution is 7.86. The van der Waals surface area contributed by atoms with Crippen LogP contribution in [0.5, 0.6) is 0 Å². The van der Waals surface area contributed by atoms with Crippen LogP contribution in [0.1, 0.15) is 0 Å². The van der Waals surface area contributed by atoms with Crippen LogP contribution in [0.3, 0.4) is 0 Å². The molecule has 2 saturated heterocycles. The molecule has 1 N–H and O–H groups in total. The van der Waals surface area contributed by atoms with Crippen molar-refractivity contribution in [3.05, 3.63) is 0 Å². The van der Waals surface area contributed by atoms with Gasteiger partial charge in [0.25, 0.3) is 10.2 Å². The Morgan fingerprint density at radius 3 is 2.14 bits per heavy atom. The van der Waals surface area contributed by atoms with E-state index in [-0.39, 0.29) is 5.91 Å². The number of rotatable bonds is 4. The topological polar surface area (TPSA) is 76.2 Å². The third-order valence-electron chi connectivity index (χ3n) is 3.95. The first kappa shape index (κ1) is 16.6. The highest BCUT2D eigenvalue weighted by atomic mass is 32.2. The average Bonchev–Trinajstić information content (AvgIpc) is 2.48. The number of piperazine rings is 2. The molecular formula is C12H25N5O3S. The molecule has 1 amide bonds. The van der Waals surface area contributed by atoms with E-state index in [2.05, 4.69) is 10.2 Å². The number of nitrogens with zero attached hydrogens (tertiary/aromatic N) is 4. The third kappa shape index (κ3) is 4.13. The van der Waals surface area contributed by atoms with Crippen LogP contribution in [-0.2, 0) is 15.0 Å². The van der Waals surface area contributed by atoms with Crippen LogP contribution >= 0.6 is 0 Å². The summed E-state index contributed by atoms with van der Waals surface area (Å²) < 4.78 is 26.7. The van der Waals surface area contributed by atoms with Gasteiger partial charge in [0.2, 0.25) is 5.91 Å². The fraction of sp³-hybridized carbons (Fsp3) is 0.917. The van der Waals surface area contributed by atoms with Crippen LogP contribution in [-0.4, -0.2) is 106 Å². The Bertz CT molecular complexity index is 454. The highest BCUT2D eigenvalue weighted by Gasteiger charge is 2.30. The minimum Gasteiger partial charge on any atom is -0.339 e. The molecule has 2 heterocycles. The van der Waals surface area contributed by atoms with Crippen molar-refractivity contribution in [3.63, 3.8) is 0 Å². The van der Waals surface area contributed by atoms with Gasteiger partial charge >= 0.3 is 0 Å². The second-order valence-corrected chi connectivity index (χ2v) is 7.74. The van der Waals surface area contributed by atoms with Crippen LogP contribution in [0.4, 0.5) is 0 Å². The van der Waals surface area contributed by atoms with Crippen molar-refractivity contribution in [2.75, 3.05) is 73.0 Å². The van der Waals surface area contributed by atoms with Gasteiger partial charge in [-0.3, -0.25) is 9.69 Å². The van der Waals surface area contributed by atoms with E-state index in [9.17, 15) is 13.2 Å². The number of carbonyl (C=O) groups excluding carboxylic acids is 1. The van der Waals surface area contributed by atoms with E-state index in [0.29, 0.717) is 32.7 Å². The molecule has 0 bridgehead atoms. The van der Waals surface area contributed by atoms with Crippen LogP contribution in [0, 0.1) is 0 Å². The molecule has 0 aromatic carbocycles. The Hall–Kier alpha value is -0.740. The van der Waals surface area contributed by atoms with Gasteiger partial charge in [-0.15, -0.1) is 0 Å². The summed E-state index contributed by atoms with van der Waals surface area (Å²) in [6.45, 7) is 5.73. The van der Waals surface area contributed by atoms with Gasteiger partial charge in [-0.1, -0.05) is 0 Å². The lowest BCUT2D eigenvalue weighted by Gasteiger charge is -2.36. The van der Waals surface area contributed by atoms with E-state index in [0.717, 1.165) is 26.2 Å². The number of hydrogen-bond donors (Lipinski definition) is 1. The summed E-state index contributed by atoms with van der Waals surface area (Å²) in [5, 5.41) is 3.26. The summed E-state index contributed by atoms with van der Waals surface area (Å²) in [5.74, 6) is 0.0961. The largest absolute Gasteiger partial charge is 0.339 e. The van der Waals surface area contributed by atoms with E-state index < -0.39 is 10.2 Å². The first-order valence-corrected chi connectivity index (χ1v) is 8.69. The van der Waals surface area contributed by atoms with Gasteiger partial charge in [0.1, 0.15) is 0 Å².